The Kier molecular flexibility index (Phi) is 6.85. The molecule has 9 heteroatoms. The minimum atomic E-state index is -0.360. The van der Waals surface area contributed by atoms with Gasteiger partial charge in [-0.15, -0.1) is 0 Å². The highest BCUT2D eigenvalue weighted by molar-refractivity contribution is 5.95. The zero-order valence-electron chi connectivity index (χ0n) is 16.3. The number of amides is 2. The van der Waals surface area contributed by atoms with Crippen molar-refractivity contribution in [1.82, 2.24) is 10.3 Å². The molecule has 0 saturated carbocycles. The number of nitrogens with zero attached hydrogens (tertiary/aromatic N) is 2. The number of hydrazone groups is 1. The lowest BCUT2D eigenvalue weighted by atomic mass is 10.2. The quantitative estimate of drug-likeness (QED) is 0.558. The Balaban J connectivity index is 1.57. The van der Waals surface area contributed by atoms with Gasteiger partial charge in [-0.2, -0.15) is 5.10 Å². The molecule has 9 nitrogen and oxygen atoms in total. The lowest BCUT2D eigenvalue weighted by Crippen LogP contribution is -2.43. The summed E-state index contributed by atoms with van der Waals surface area (Å²) in [4.78, 5) is 25.9. The Bertz CT molecular complexity index is 886. The molecule has 2 amide bonds. The van der Waals surface area contributed by atoms with Gasteiger partial charge in [0.25, 0.3) is 11.8 Å². The van der Waals surface area contributed by atoms with Crippen molar-refractivity contribution in [2.24, 2.45) is 5.10 Å². The van der Waals surface area contributed by atoms with Gasteiger partial charge in [0.05, 0.1) is 38.4 Å². The molecule has 1 saturated heterocycles. The topological polar surface area (TPSA) is 103 Å². The zero-order valence-corrected chi connectivity index (χ0v) is 16.3. The number of methoxy groups -OCH3 is 1. The van der Waals surface area contributed by atoms with Crippen molar-refractivity contribution in [3.05, 3.63) is 47.4 Å². The third-order valence-electron chi connectivity index (χ3n) is 4.39. The molecule has 1 aromatic heterocycles. The zero-order chi connectivity index (χ0) is 20.6. The average molecular weight is 401 g/mol. The molecule has 29 heavy (non-hydrogen) atoms. The molecule has 0 spiro atoms. The second-order valence-electron chi connectivity index (χ2n) is 6.28. The molecule has 0 aliphatic carbocycles. The first-order valence-electron chi connectivity index (χ1n) is 9.12. The van der Waals surface area contributed by atoms with Gasteiger partial charge in [0, 0.05) is 13.1 Å². The standard InChI is InChI=1S/C20H23N3O6/c1-14-16(5-8-28-14)20(25)22-21-12-15-3-4-17(18(11-15)26-2)29-13-19(24)23-6-9-27-10-7-23/h3-5,8,11-12H,6-7,9-10,13H2,1-2H3,(H,22,25)/b21-12-. The summed E-state index contributed by atoms with van der Waals surface area (Å²) in [7, 11) is 1.51. The van der Waals surface area contributed by atoms with E-state index in [0.29, 0.717) is 54.7 Å². The molecule has 2 heterocycles. The van der Waals surface area contributed by atoms with Crippen molar-refractivity contribution in [3.8, 4) is 11.5 Å². The molecule has 0 unspecified atom stereocenters. The van der Waals surface area contributed by atoms with Crippen LogP contribution in [0.4, 0.5) is 0 Å². The molecule has 154 valence electrons. The van der Waals surface area contributed by atoms with Gasteiger partial charge in [-0.25, -0.2) is 5.43 Å². The third-order valence-corrected chi connectivity index (χ3v) is 4.39. The number of carbonyl (C=O) groups is 2. The van der Waals surface area contributed by atoms with E-state index < -0.39 is 0 Å². The molecule has 0 bridgehead atoms. The number of aryl methyl sites for hydroxylation is 1. The van der Waals surface area contributed by atoms with Gasteiger partial charge >= 0.3 is 0 Å². The summed E-state index contributed by atoms with van der Waals surface area (Å²) in [6, 6.07) is 6.71. The van der Waals surface area contributed by atoms with Crippen LogP contribution in [0.25, 0.3) is 0 Å². The predicted octanol–water partition coefficient (Wildman–Crippen LogP) is 1.60. The third kappa shape index (κ3) is 5.35. The van der Waals surface area contributed by atoms with E-state index in [2.05, 4.69) is 10.5 Å². The first-order valence-corrected chi connectivity index (χ1v) is 9.12. The van der Waals surface area contributed by atoms with Crippen LogP contribution in [0.15, 0.2) is 40.0 Å². The molecular formula is C20H23N3O6. The second-order valence-corrected chi connectivity index (χ2v) is 6.28. The number of hydrogen-bond donors (Lipinski definition) is 1. The van der Waals surface area contributed by atoms with Crippen LogP contribution in [0.3, 0.4) is 0 Å². The SMILES string of the molecule is COc1cc(/C=N\NC(=O)c2ccoc2C)ccc1OCC(=O)N1CCOCC1. The minimum Gasteiger partial charge on any atom is -0.493 e. The lowest BCUT2D eigenvalue weighted by Gasteiger charge is -2.26. The Morgan fingerprint density at radius 3 is 2.72 bits per heavy atom. The highest BCUT2D eigenvalue weighted by Crippen LogP contribution is 2.27. The number of hydrogen-bond acceptors (Lipinski definition) is 7. The van der Waals surface area contributed by atoms with Gasteiger partial charge in [-0.1, -0.05) is 0 Å². The van der Waals surface area contributed by atoms with Crippen molar-refractivity contribution >= 4 is 18.0 Å². The molecule has 1 N–H and O–H groups in total. The van der Waals surface area contributed by atoms with E-state index >= 15 is 0 Å². The molecular weight excluding hydrogens is 378 g/mol. The predicted molar refractivity (Wildman–Crippen MR) is 104 cm³/mol. The van der Waals surface area contributed by atoms with Crippen LogP contribution < -0.4 is 14.9 Å². The number of rotatable bonds is 7. The van der Waals surface area contributed by atoms with Crippen LogP contribution in [-0.2, 0) is 9.53 Å². The minimum absolute atomic E-state index is 0.0795. The first-order chi connectivity index (χ1) is 14.1. The summed E-state index contributed by atoms with van der Waals surface area (Å²) in [5, 5.41) is 3.94. The summed E-state index contributed by atoms with van der Waals surface area (Å²) in [6.45, 7) is 3.84. The van der Waals surface area contributed by atoms with E-state index in [0.717, 1.165) is 0 Å². The number of morpholine rings is 1. The van der Waals surface area contributed by atoms with Crippen molar-refractivity contribution < 1.29 is 28.2 Å². The van der Waals surface area contributed by atoms with E-state index in [4.69, 9.17) is 18.6 Å². The highest BCUT2D eigenvalue weighted by atomic mass is 16.5. The van der Waals surface area contributed by atoms with Crippen LogP contribution in [0.2, 0.25) is 0 Å². The van der Waals surface area contributed by atoms with Crippen molar-refractivity contribution in [2.75, 3.05) is 40.0 Å². The van der Waals surface area contributed by atoms with Crippen molar-refractivity contribution in [1.29, 1.82) is 0 Å². The summed E-state index contributed by atoms with van der Waals surface area (Å²) >= 11 is 0. The van der Waals surface area contributed by atoms with Gasteiger partial charge in [0.15, 0.2) is 18.1 Å². The fraction of sp³-hybridized carbons (Fsp3) is 0.350. The van der Waals surface area contributed by atoms with Crippen molar-refractivity contribution in [3.63, 3.8) is 0 Å². The monoisotopic (exact) mass is 401 g/mol. The van der Waals surface area contributed by atoms with E-state index in [1.54, 1.807) is 36.1 Å². The van der Waals surface area contributed by atoms with Gasteiger partial charge in [-0.3, -0.25) is 9.59 Å². The fourth-order valence-corrected chi connectivity index (χ4v) is 2.77. The highest BCUT2D eigenvalue weighted by Gasteiger charge is 2.18. The van der Waals surface area contributed by atoms with Gasteiger partial charge in [-0.05, 0) is 36.8 Å². The van der Waals surface area contributed by atoms with Crippen molar-refractivity contribution in [2.45, 2.75) is 6.92 Å². The van der Waals surface area contributed by atoms with Crippen LogP contribution >= 0.6 is 0 Å². The Morgan fingerprint density at radius 2 is 2.03 bits per heavy atom. The first kappa shape index (κ1) is 20.4. The molecule has 1 aromatic carbocycles. The maximum atomic E-state index is 12.2. The molecule has 2 aromatic rings. The maximum absolute atomic E-state index is 12.2. The number of nitrogens with one attached hydrogen (secondary N) is 1. The number of benzene rings is 1. The lowest BCUT2D eigenvalue weighted by molar-refractivity contribution is -0.137. The average Bonchev–Trinajstić information content (AvgIpc) is 3.19. The van der Waals surface area contributed by atoms with Crippen LogP contribution in [0.5, 0.6) is 11.5 Å². The normalized spacial score (nSPS) is 14.1. The molecule has 0 radical (unpaired) electrons. The van der Waals surface area contributed by atoms with E-state index in [-0.39, 0.29) is 18.4 Å². The molecule has 1 aliphatic rings. The fourth-order valence-electron chi connectivity index (χ4n) is 2.77. The Labute approximate surface area is 168 Å². The maximum Gasteiger partial charge on any atom is 0.274 e. The second kappa shape index (κ2) is 9.74. The van der Waals surface area contributed by atoms with Gasteiger partial charge < -0.3 is 23.5 Å². The van der Waals surface area contributed by atoms with E-state index in [9.17, 15) is 9.59 Å². The summed E-state index contributed by atoms with van der Waals surface area (Å²) in [5.41, 5.74) is 3.56. The van der Waals surface area contributed by atoms with E-state index in [1.165, 1.54) is 19.6 Å². The number of carbonyl (C=O) groups excluding carboxylic acids is 2. The summed E-state index contributed by atoms with van der Waals surface area (Å²) in [6.07, 6.45) is 2.93. The van der Waals surface area contributed by atoms with Gasteiger partial charge in [0.1, 0.15) is 5.76 Å². The summed E-state index contributed by atoms with van der Waals surface area (Å²) < 4.78 is 21.3. The summed E-state index contributed by atoms with van der Waals surface area (Å²) in [5.74, 6) is 0.969. The van der Waals surface area contributed by atoms with Crippen LogP contribution in [0, 0.1) is 6.92 Å². The number of furan rings is 1. The molecule has 1 fully saturated rings. The molecule has 1 aliphatic heterocycles. The smallest absolute Gasteiger partial charge is 0.274 e. The largest absolute Gasteiger partial charge is 0.493 e. The van der Waals surface area contributed by atoms with Crippen LogP contribution in [-0.4, -0.2) is 62.9 Å². The van der Waals surface area contributed by atoms with E-state index in [1.807, 2.05) is 0 Å². The molecule has 0 atom stereocenters. The molecule has 3 rings (SSSR count). The Morgan fingerprint density at radius 1 is 1.24 bits per heavy atom. The van der Waals surface area contributed by atoms with Crippen LogP contribution in [0.1, 0.15) is 21.7 Å². The van der Waals surface area contributed by atoms with Gasteiger partial charge in [0.2, 0.25) is 0 Å². The number of ether oxygens (including phenoxy) is 3. The Hall–Kier alpha value is -3.33.